The molecule has 4 nitrogen and oxygen atoms in total. The second-order valence-electron chi connectivity index (χ2n) is 14.4. The first-order chi connectivity index (χ1) is 26.0. The van der Waals surface area contributed by atoms with Crippen LogP contribution in [0, 0.1) is 0 Å². The number of rotatable bonds is 5. The largest absolute Gasteiger partial charge is 0.456 e. The predicted octanol–water partition coefficient (Wildman–Crippen LogP) is 12.1. The molecule has 2 aromatic heterocycles. The fraction of sp³-hybridized carbons (Fsp3) is 0.0816. The third kappa shape index (κ3) is 4.65. The van der Waals surface area contributed by atoms with Gasteiger partial charge in [0.15, 0.2) is 17.5 Å². The number of benzene rings is 7. The smallest absolute Gasteiger partial charge is 0.164 e. The van der Waals surface area contributed by atoms with Crippen molar-refractivity contribution in [2.45, 2.75) is 24.7 Å². The van der Waals surface area contributed by atoms with Crippen LogP contribution in [0.15, 0.2) is 180 Å². The molecule has 2 heterocycles. The van der Waals surface area contributed by atoms with Gasteiger partial charge in [0.1, 0.15) is 11.2 Å². The highest BCUT2D eigenvalue weighted by Gasteiger charge is 2.55. The summed E-state index contributed by atoms with van der Waals surface area (Å²) in [7, 11) is 0. The Morgan fingerprint density at radius 2 is 0.868 bits per heavy atom. The maximum atomic E-state index is 6.54. The number of hydrogen-bond donors (Lipinski definition) is 0. The molecule has 9 aromatic rings. The van der Waals surface area contributed by atoms with Crippen molar-refractivity contribution in [2.75, 3.05) is 0 Å². The Kier molecular flexibility index (Phi) is 7.02. The molecule has 53 heavy (non-hydrogen) atoms. The van der Waals surface area contributed by atoms with Crippen LogP contribution in [0.3, 0.4) is 0 Å². The Morgan fingerprint density at radius 3 is 1.51 bits per heavy atom. The quantitative estimate of drug-likeness (QED) is 0.181. The average molecular weight is 682 g/mol. The van der Waals surface area contributed by atoms with Gasteiger partial charge in [-0.25, -0.2) is 15.0 Å². The third-order valence-corrected chi connectivity index (χ3v) is 11.2. The minimum atomic E-state index is -0.605. The standard InChI is InChI=1S/C49H35N3O/c1-48(2)39-23-12-9-20-36(39)37-21-10-13-24-40(37)49(48,41-25-15-27-43-44(41)38-22-11-14-26-42(38)53-43)35-30-28-34(29-31-35)47-51-45(32-16-5-3-6-17-32)50-46(52-47)33-18-7-4-8-19-33/h3-31H,1-2H3. The SMILES string of the molecule is CC1(C)c2ccccc2-c2ccccc2C1(c1ccc(-c2nc(-c3ccccc3)nc(-c3ccccc3)n2)cc1)c1cccc2oc3ccccc3c12. The van der Waals surface area contributed by atoms with E-state index in [9.17, 15) is 0 Å². The summed E-state index contributed by atoms with van der Waals surface area (Å²) < 4.78 is 6.54. The first kappa shape index (κ1) is 31.1. The predicted molar refractivity (Wildman–Crippen MR) is 215 cm³/mol. The summed E-state index contributed by atoms with van der Waals surface area (Å²) in [5, 5.41) is 2.26. The molecule has 1 aliphatic carbocycles. The minimum absolute atomic E-state index is 0.389. The average Bonchev–Trinajstić information content (AvgIpc) is 3.61. The highest BCUT2D eigenvalue weighted by atomic mass is 16.3. The Bertz CT molecular complexity index is 2750. The first-order valence-corrected chi connectivity index (χ1v) is 18.1. The molecule has 252 valence electrons. The summed E-state index contributed by atoms with van der Waals surface area (Å²) in [5.41, 5.74) is 11.1. The second-order valence-corrected chi connectivity index (χ2v) is 14.4. The Labute approximate surface area is 308 Å². The molecule has 4 heteroatoms. The summed E-state index contributed by atoms with van der Waals surface area (Å²) in [6, 6.07) is 62.0. The van der Waals surface area contributed by atoms with Crippen LogP contribution < -0.4 is 0 Å². The van der Waals surface area contributed by atoms with E-state index in [1.807, 2.05) is 66.7 Å². The van der Waals surface area contributed by atoms with Gasteiger partial charge in [-0.2, -0.15) is 0 Å². The van der Waals surface area contributed by atoms with Crippen molar-refractivity contribution in [3.8, 4) is 45.3 Å². The number of aromatic nitrogens is 3. The number of para-hydroxylation sites is 1. The van der Waals surface area contributed by atoms with Crippen molar-refractivity contribution >= 4 is 21.9 Å². The summed E-state index contributed by atoms with van der Waals surface area (Å²) in [6.45, 7) is 4.81. The van der Waals surface area contributed by atoms with Gasteiger partial charge in [0.05, 0.1) is 5.41 Å². The Morgan fingerprint density at radius 1 is 0.396 bits per heavy atom. The molecule has 0 fully saturated rings. The van der Waals surface area contributed by atoms with Gasteiger partial charge < -0.3 is 4.42 Å². The van der Waals surface area contributed by atoms with Gasteiger partial charge in [0.25, 0.3) is 0 Å². The lowest BCUT2D eigenvalue weighted by Gasteiger charge is -2.53. The molecular weight excluding hydrogens is 647 g/mol. The molecule has 0 spiro atoms. The normalized spacial score (nSPS) is 16.0. The van der Waals surface area contributed by atoms with E-state index in [1.54, 1.807) is 0 Å². The van der Waals surface area contributed by atoms with Crippen LogP contribution in [0.1, 0.15) is 36.1 Å². The number of furan rings is 1. The van der Waals surface area contributed by atoms with Gasteiger partial charge in [-0.05, 0) is 45.5 Å². The molecule has 0 radical (unpaired) electrons. The zero-order chi connectivity index (χ0) is 35.6. The van der Waals surface area contributed by atoms with Crippen molar-refractivity contribution in [2.24, 2.45) is 0 Å². The van der Waals surface area contributed by atoms with Gasteiger partial charge in [-0.15, -0.1) is 0 Å². The fourth-order valence-electron chi connectivity index (χ4n) is 8.89. The topological polar surface area (TPSA) is 51.8 Å². The summed E-state index contributed by atoms with van der Waals surface area (Å²) in [5.74, 6) is 1.93. The molecule has 0 saturated heterocycles. The van der Waals surface area contributed by atoms with E-state index in [1.165, 1.54) is 33.4 Å². The lowest BCUT2D eigenvalue weighted by Crippen LogP contribution is -2.50. The van der Waals surface area contributed by atoms with Crippen LogP contribution in [0.2, 0.25) is 0 Å². The monoisotopic (exact) mass is 681 g/mol. The minimum Gasteiger partial charge on any atom is -0.456 e. The molecule has 1 unspecified atom stereocenters. The highest BCUT2D eigenvalue weighted by Crippen LogP contribution is 2.61. The summed E-state index contributed by atoms with van der Waals surface area (Å²) >= 11 is 0. The van der Waals surface area contributed by atoms with E-state index < -0.39 is 5.41 Å². The molecule has 0 aliphatic heterocycles. The molecule has 1 atom stereocenters. The van der Waals surface area contributed by atoms with E-state index in [2.05, 4.69) is 123 Å². The van der Waals surface area contributed by atoms with Crippen LogP contribution in [0.5, 0.6) is 0 Å². The molecule has 1 aliphatic rings. The first-order valence-electron chi connectivity index (χ1n) is 18.1. The lowest BCUT2D eigenvalue weighted by atomic mass is 9.48. The van der Waals surface area contributed by atoms with Crippen LogP contribution >= 0.6 is 0 Å². The zero-order valence-electron chi connectivity index (χ0n) is 29.5. The molecule has 10 rings (SSSR count). The summed E-state index contributed by atoms with van der Waals surface area (Å²) in [6.07, 6.45) is 0. The van der Waals surface area contributed by atoms with Crippen molar-refractivity contribution in [1.29, 1.82) is 0 Å². The van der Waals surface area contributed by atoms with Crippen LogP contribution in [0.4, 0.5) is 0 Å². The molecule has 0 saturated carbocycles. The Balaban J connectivity index is 1.24. The van der Waals surface area contributed by atoms with Crippen molar-refractivity contribution < 1.29 is 4.42 Å². The highest BCUT2D eigenvalue weighted by molar-refractivity contribution is 6.08. The fourth-order valence-corrected chi connectivity index (χ4v) is 8.89. The second kappa shape index (κ2) is 12.0. The molecule has 0 bridgehead atoms. The number of hydrogen-bond acceptors (Lipinski definition) is 4. The van der Waals surface area contributed by atoms with Crippen molar-refractivity contribution in [3.63, 3.8) is 0 Å². The maximum Gasteiger partial charge on any atom is 0.164 e. The van der Waals surface area contributed by atoms with Gasteiger partial charge in [0.2, 0.25) is 0 Å². The Hall–Kier alpha value is -6.65. The van der Waals surface area contributed by atoms with E-state index in [4.69, 9.17) is 19.4 Å². The van der Waals surface area contributed by atoms with E-state index in [0.29, 0.717) is 17.5 Å². The van der Waals surface area contributed by atoms with Crippen LogP contribution in [-0.4, -0.2) is 15.0 Å². The number of nitrogens with zero attached hydrogens (tertiary/aromatic N) is 3. The third-order valence-electron chi connectivity index (χ3n) is 11.2. The van der Waals surface area contributed by atoms with Gasteiger partial charge in [-0.3, -0.25) is 0 Å². The van der Waals surface area contributed by atoms with Crippen molar-refractivity contribution in [3.05, 3.63) is 198 Å². The van der Waals surface area contributed by atoms with Gasteiger partial charge in [-0.1, -0.05) is 178 Å². The van der Waals surface area contributed by atoms with E-state index >= 15 is 0 Å². The molecule has 0 N–H and O–H groups in total. The summed E-state index contributed by atoms with van der Waals surface area (Å²) in [4.78, 5) is 15.0. The van der Waals surface area contributed by atoms with Crippen molar-refractivity contribution in [1.82, 2.24) is 15.0 Å². The van der Waals surface area contributed by atoms with Crippen LogP contribution in [-0.2, 0) is 10.8 Å². The maximum absolute atomic E-state index is 6.54. The number of fused-ring (bicyclic) bond motifs is 6. The van der Waals surface area contributed by atoms with Gasteiger partial charge >= 0.3 is 0 Å². The molecule has 0 amide bonds. The van der Waals surface area contributed by atoms with E-state index in [0.717, 1.165) is 38.6 Å². The van der Waals surface area contributed by atoms with E-state index in [-0.39, 0.29) is 5.41 Å². The van der Waals surface area contributed by atoms with Crippen LogP contribution in [0.25, 0.3) is 67.2 Å². The molecule has 7 aromatic carbocycles. The lowest BCUT2D eigenvalue weighted by molar-refractivity contribution is 0.355. The van der Waals surface area contributed by atoms with Gasteiger partial charge in [0, 0.05) is 32.9 Å². The molecular formula is C49H35N3O. The zero-order valence-corrected chi connectivity index (χ0v) is 29.5.